The van der Waals surface area contributed by atoms with Crippen molar-refractivity contribution in [3.63, 3.8) is 0 Å². The highest BCUT2D eigenvalue weighted by Gasteiger charge is 2.64. The van der Waals surface area contributed by atoms with Crippen molar-refractivity contribution >= 4 is 29.6 Å². The van der Waals surface area contributed by atoms with E-state index in [4.69, 9.17) is 99.5 Å². The number of aliphatic hydroxyl groups is 30. The Morgan fingerprint density at radius 1 is 0.312 bits per heavy atom. The van der Waals surface area contributed by atoms with Crippen molar-refractivity contribution in [3.8, 4) is 0 Å². The van der Waals surface area contributed by atoms with E-state index < -0.39 is 439 Å². The van der Waals surface area contributed by atoms with Crippen molar-refractivity contribution in [2.45, 2.75) is 391 Å². The molecule has 11 aliphatic heterocycles. The molecule has 138 heavy (non-hydrogen) atoms. The minimum atomic E-state index is -3.10. The highest BCUT2D eigenvalue weighted by atomic mass is 16.8. The minimum Gasteiger partial charge on any atom is -0.477 e. The molecule has 0 saturated carbocycles. The Bertz CT molecular complexity index is 3860. The predicted octanol–water partition coefficient (Wildman–Crippen LogP) is -23.1. The molecule has 2 unspecified atom stereocenters. The Morgan fingerprint density at radius 2 is 0.645 bits per heavy atom. The molecule has 0 aromatic carbocycles. The summed E-state index contributed by atoms with van der Waals surface area (Å²) < 4.78 is 125. The van der Waals surface area contributed by atoms with E-state index in [-0.39, 0.29) is 0 Å². The molecule has 11 aliphatic rings. The first-order valence-corrected chi connectivity index (χ1v) is 44.0. The van der Waals surface area contributed by atoms with Crippen LogP contribution in [0, 0.1) is 0 Å². The number of ether oxygens (including phenoxy) is 21. The van der Waals surface area contributed by atoms with Gasteiger partial charge >= 0.3 is 5.97 Å². The monoisotopic (exact) mass is 2020 g/mol. The van der Waals surface area contributed by atoms with Gasteiger partial charge in [-0.25, -0.2) is 4.79 Å². The maximum Gasteiger partial charge on any atom is 0.364 e. The van der Waals surface area contributed by atoms with Crippen molar-refractivity contribution in [3.05, 3.63) is 0 Å². The molecule has 0 bridgehead atoms. The van der Waals surface area contributed by atoms with Crippen LogP contribution in [0.15, 0.2) is 0 Å². The lowest BCUT2D eigenvalue weighted by Gasteiger charge is -2.52. The highest BCUT2D eigenvalue weighted by molar-refractivity contribution is 5.77. The zero-order chi connectivity index (χ0) is 102. The normalized spacial score (nSPS) is 49.1. The van der Waals surface area contributed by atoms with Crippen molar-refractivity contribution in [1.82, 2.24) is 21.3 Å². The average molecular weight is 2020 g/mol. The number of aliphatic carboxylic acids is 1. The fraction of sp³-hybridized carbons (Fsp3) is 0.935. The number of carbonyl (C=O) groups excluding carboxylic acids is 4. The SMILES string of the molecule is CC(=O)N[C@H]1[C@H](O[C@H]2[C@@H](O)[C@@H](CO[C@@H]3O[C@H](CO)[C@@H](O[C@@H]4O[C@H](CO)[C@H](O)[C@H](OC5O[C@H](CO)[C@@H](O[C@@H]6O[C@H](CO)[C@H](O)[C@H](O)[C@H]6O[C@@H]6O[C@@H](C)[C@@H](O)[C@@H](O)[C@@H]6O)[C@H](O[C@@H]6O[C@@H](C)[C@@H](O)[C@@H](O)[C@@H]6O)[C@H]5NC(C)=O)[C@H]4O)[C@H](O)[C@H]3NC(C)=O)O[C@@H](O[C@H]3[C@H](O)[C@@H](O)C(O)O[C@@H]3CO)[C@@H]2O)O[C@H](CO)[C@@H](O[C@@H]2O[C@H](CO[C@]3(C(=O)O)C[C@H](O)[C@@H](NC(C)=O)[C@H]([C@H](O)[C@H](O)CO)O3)[C@H](O)[C@H](O)[C@H]2O)[C@@H]1O. The van der Waals surface area contributed by atoms with E-state index in [0.29, 0.717) is 0 Å². The molecule has 0 radical (unpaired) electrons. The molecule has 11 rings (SSSR count). The van der Waals surface area contributed by atoms with Crippen LogP contribution in [0.5, 0.6) is 0 Å². The van der Waals surface area contributed by atoms with Gasteiger partial charge in [-0.1, -0.05) is 0 Å². The fourth-order valence-corrected chi connectivity index (χ4v) is 17.9. The van der Waals surface area contributed by atoms with Crippen LogP contribution in [0.2, 0.25) is 0 Å². The van der Waals surface area contributed by atoms with Gasteiger partial charge in [-0.05, 0) is 13.8 Å². The Morgan fingerprint density at radius 3 is 1.12 bits per heavy atom. The largest absolute Gasteiger partial charge is 0.477 e. The van der Waals surface area contributed by atoms with Crippen molar-refractivity contribution in [2.75, 3.05) is 59.5 Å². The molecule has 61 nitrogen and oxygen atoms in total. The number of hydrogen-bond acceptors (Lipinski definition) is 56. The standard InChI is InChI=1S/C77H128N4O57/c1-17-37(95)46(104)52(110)70(120-17)134-62-36(81-22(6)92)69(127-30(14-88)60(62)133-75-65(49(107)40(98)25(9-83)124-75)137-71-53(111)47(105)38(96)18(2)121-71)136-63-42(100)26(10-84)123-73(55(63)113)131-57-28(12-86)125-67(34(44(57)102)79-20(4)90)118-15-31-43(101)64(56(114)74(128-31)132-59-27(11-85)122-66(115)51(109)50(59)108)135-68-35(80-21(5)91)45(103)58(29(13-87)126-68)130-72-54(112)48(106)41(99)32(129-72)16-119-77(76(116)117)7-23(93)33(78-19(3)89)61(138-77)39(97)24(94)8-82/h17-18,23-75,82-88,93-115H,7-16H2,1-6H3,(H,78,89)(H,79,90)(H,80,91)(H,81,92)(H,116,117)/t17-,18-,23-,24+,25+,26+,27+,28+,29+,30+,31+,32+,33+,34+,35+,36+,37+,38+,39+,40-,41-,42-,43-,44+,45+,46+,47+,48-,49-,50+,51+,52-,53-,54+,55+,56+,57+,58+,59+,60+,61+,62+,63-,64-,65+,66?,67+,68-,69?,70-,71-,72-,73-,74-,75-,77+/m0/s1. The fourth-order valence-electron chi connectivity index (χ4n) is 17.9. The van der Waals surface area contributed by atoms with Gasteiger partial charge in [-0.2, -0.15) is 0 Å². The number of carbonyl (C=O) groups is 5. The Balaban J connectivity index is 0.837. The first kappa shape index (κ1) is 114. The predicted molar refractivity (Wildman–Crippen MR) is 423 cm³/mol. The summed E-state index contributed by atoms with van der Waals surface area (Å²) in [6, 6.07) is -7.81. The summed E-state index contributed by atoms with van der Waals surface area (Å²) in [7, 11) is 0. The zero-order valence-electron chi connectivity index (χ0n) is 74.3. The molecule has 0 spiro atoms. The molecule has 4 amide bonds. The third-order valence-electron chi connectivity index (χ3n) is 25.5. The first-order valence-electron chi connectivity index (χ1n) is 44.0. The second kappa shape index (κ2) is 48.8. The Hall–Kier alpha value is -4.69. The number of carboxylic acids is 1. The molecular formula is C77H128N4O57. The lowest BCUT2D eigenvalue weighted by atomic mass is 9.88. The van der Waals surface area contributed by atoms with Gasteiger partial charge in [0.25, 0.3) is 5.79 Å². The van der Waals surface area contributed by atoms with E-state index in [2.05, 4.69) is 21.3 Å². The van der Waals surface area contributed by atoms with Gasteiger partial charge in [-0.15, -0.1) is 0 Å². The lowest BCUT2D eigenvalue weighted by Crippen LogP contribution is -2.71. The topological polar surface area (TPSA) is 954 Å². The van der Waals surface area contributed by atoms with Crippen LogP contribution in [0.4, 0.5) is 0 Å². The van der Waals surface area contributed by atoms with E-state index in [9.17, 15) is 182 Å². The second-order valence-corrected chi connectivity index (χ2v) is 35.2. The maximum atomic E-state index is 13.5. The molecular weight excluding hydrogens is 1890 g/mol. The summed E-state index contributed by atoms with van der Waals surface area (Å²) in [5, 5.41) is 355. The number of nitrogens with one attached hydrogen (secondary N) is 4. The van der Waals surface area contributed by atoms with Crippen LogP contribution in [0.25, 0.3) is 0 Å². The molecule has 798 valence electrons. The molecule has 0 aliphatic carbocycles. The van der Waals surface area contributed by atoms with E-state index in [1.54, 1.807) is 0 Å². The molecule has 0 aromatic rings. The van der Waals surface area contributed by atoms with Crippen LogP contribution >= 0.6 is 0 Å². The van der Waals surface area contributed by atoms with Gasteiger partial charge in [0.05, 0.1) is 83.8 Å². The average Bonchev–Trinajstić information content (AvgIpc) is 0.769. The zero-order valence-corrected chi connectivity index (χ0v) is 74.3. The van der Waals surface area contributed by atoms with Gasteiger partial charge < -0.3 is 279 Å². The number of aliphatic hydroxyl groups excluding tert-OH is 30. The van der Waals surface area contributed by atoms with Crippen molar-refractivity contribution in [1.29, 1.82) is 0 Å². The molecule has 11 heterocycles. The molecule has 56 atom stereocenters. The molecule has 61 heteroatoms. The number of rotatable bonds is 36. The van der Waals surface area contributed by atoms with Gasteiger partial charge in [0.1, 0.15) is 250 Å². The summed E-state index contributed by atoms with van der Waals surface area (Å²) in [5.41, 5.74) is 0. The maximum absolute atomic E-state index is 13.5. The first-order chi connectivity index (χ1) is 65.0. The van der Waals surface area contributed by atoms with Crippen LogP contribution in [0.3, 0.4) is 0 Å². The van der Waals surface area contributed by atoms with Crippen LogP contribution in [0.1, 0.15) is 48.0 Å². The Labute approximate surface area is 780 Å². The van der Waals surface area contributed by atoms with E-state index in [1.807, 2.05) is 0 Å². The second-order valence-electron chi connectivity index (χ2n) is 35.2. The van der Waals surface area contributed by atoms with Crippen molar-refractivity contribution in [2.24, 2.45) is 0 Å². The number of carboxylic acid groups (broad SMARTS) is 1. The van der Waals surface area contributed by atoms with Crippen LogP contribution in [-0.2, 0) is 123 Å². The molecule has 11 fully saturated rings. The summed E-state index contributed by atoms with van der Waals surface area (Å²) in [5.74, 6) is -9.05. The quantitative estimate of drug-likeness (QED) is 0.0277. The lowest BCUT2D eigenvalue weighted by molar-refractivity contribution is -0.400. The summed E-state index contributed by atoms with van der Waals surface area (Å²) >= 11 is 0. The van der Waals surface area contributed by atoms with Gasteiger partial charge in [0.2, 0.25) is 23.6 Å². The molecule has 35 N–H and O–H groups in total. The summed E-state index contributed by atoms with van der Waals surface area (Å²) in [4.78, 5) is 65.2. The van der Waals surface area contributed by atoms with E-state index in [0.717, 1.165) is 27.7 Å². The third-order valence-corrected chi connectivity index (χ3v) is 25.5. The summed E-state index contributed by atoms with van der Waals surface area (Å²) in [6.07, 6.45) is -109. The van der Waals surface area contributed by atoms with Gasteiger partial charge in [0, 0.05) is 34.1 Å². The summed E-state index contributed by atoms with van der Waals surface area (Å²) in [6.45, 7) is -4.61. The molecule has 11 saturated heterocycles. The van der Waals surface area contributed by atoms with Crippen molar-refractivity contribution < 1.29 is 282 Å². The molecule has 0 aromatic heterocycles. The minimum absolute atomic E-state index is 0.847. The van der Waals surface area contributed by atoms with E-state index >= 15 is 0 Å². The van der Waals surface area contributed by atoms with Gasteiger partial charge in [-0.3, -0.25) is 19.2 Å². The third kappa shape index (κ3) is 24.7. The number of amides is 4. The van der Waals surface area contributed by atoms with Crippen LogP contribution in [-0.4, -0.2) is 590 Å². The smallest absolute Gasteiger partial charge is 0.364 e. The van der Waals surface area contributed by atoms with E-state index in [1.165, 1.54) is 13.8 Å². The van der Waals surface area contributed by atoms with Crippen LogP contribution < -0.4 is 21.3 Å². The number of hydrogen-bond donors (Lipinski definition) is 35. The Kier molecular flexibility index (Phi) is 40.1. The highest BCUT2D eigenvalue weighted by Crippen LogP contribution is 2.43. The van der Waals surface area contributed by atoms with Gasteiger partial charge in [0.15, 0.2) is 62.9 Å².